The molecular formula is C26H24N2O6. The first-order valence-electron chi connectivity index (χ1n) is 10.4. The number of aliphatic imine (C=N–C) groups is 1. The number of aromatic nitrogens is 1. The Hall–Kier alpha value is -4.46. The number of carbonyl (C=O) groups excluding carboxylic acids is 1. The number of methoxy groups -OCH3 is 4. The van der Waals surface area contributed by atoms with Crippen molar-refractivity contribution >= 4 is 28.3 Å². The second-order valence-corrected chi connectivity index (χ2v) is 7.31. The number of hydrogen-bond donors (Lipinski definition) is 2. The molecule has 0 saturated heterocycles. The van der Waals surface area contributed by atoms with E-state index in [4.69, 9.17) is 23.9 Å². The Kier molecular flexibility index (Phi) is 6.40. The lowest BCUT2D eigenvalue weighted by Gasteiger charge is -2.14. The Balaban J connectivity index is 1.96. The zero-order valence-electron chi connectivity index (χ0n) is 19.2. The molecule has 0 aliphatic heterocycles. The molecule has 4 aromatic rings. The summed E-state index contributed by atoms with van der Waals surface area (Å²) in [6.07, 6.45) is 0. The molecule has 0 bridgehead atoms. The smallest absolute Gasteiger partial charge is 0.337 e. The summed E-state index contributed by atoms with van der Waals surface area (Å²) in [6, 6.07) is 18.0. The Bertz CT molecular complexity index is 1350. The summed E-state index contributed by atoms with van der Waals surface area (Å²) in [5, 5.41) is 11.6. The zero-order chi connectivity index (χ0) is 24.2. The van der Waals surface area contributed by atoms with Gasteiger partial charge in [-0.3, -0.25) is 0 Å². The third-order valence-electron chi connectivity index (χ3n) is 5.37. The predicted octanol–water partition coefficient (Wildman–Crippen LogP) is 4.86. The molecule has 0 saturated carbocycles. The van der Waals surface area contributed by atoms with Crippen LogP contribution in [0, 0.1) is 0 Å². The number of carbonyl (C=O) groups is 1. The largest absolute Gasteiger partial charge is 0.494 e. The van der Waals surface area contributed by atoms with Gasteiger partial charge < -0.3 is 29.0 Å². The summed E-state index contributed by atoms with van der Waals surface area (Å²) in [6.45, 7) is 0. The van der Waals surface area contributed by atoms with Crippen LogP contribution in [-0.2, 0) is 4.74 Å². The van der Waals surface area contributed by atoms with E-state index in [1.54, 1.807) is 30.3 Å². The van der Waals surface area contributed by atoms with Crippen LogP contribution in [-0.4, -0.2) is 50.2 Å². The van der Waals surface area contributed by atoms with Gasteiger partial charge in [-0.25, -0.2) is 9.79 Å². The molecule has 1 aromatic heterocycles. The standard InChI is InChI=1S/C26H24N2O6/c1-31-20-13-17(14-21(32-2)24(20)33-3)27-23(15-8-6-5-7-9-15)22-18-11-10-16(26(30)34-4)12-19(18)28-25(22)29/h5-14,28-29H,1-4H3. The number of nitrogens with one attached hydrogen (secondary N) is 1. The molecule has 0 radical (unpaired) electrons. The van der Waals surface area contributed by atoms with Gasteiger partial charge in [0.15, 0.2) is 17.4 Å². The van der Waals surface area contributed by atoms with E-state index in [0.29, 0.717) is 50.7 Å². The Morgan fingerprint density at radius 3 is 2.12 bits per heavy atom. The van der Waals surface area contributed by atoms with Crippen molar-refractivity contribution in [3.8, 4) is 23.1 Å². The quantitative estimate of drug-likeness (QED) is 0.302. The first-order valence-corrected chi connectivity index (χ1v) is 10.4. The van der Waals surface area contributed by atoms with E-state index in [2.05, 4.69) is 4.98 Å². The second-order valence-electron chi connectivity index (χ2n) is 7.31. The van der Waals surface area contributed by atoms with E-state index >= 15 is 0 Å². The number of benzene rings is 3. The Morgan fingerprint density at radius 2 is 1.53 bits per heavy atom. The highest BCUT2D eigenvalue weighted by Crippen LogP contribution is 2.41. The number of nitrogens with zero attached hydrogens (tertiary/aromatic N) is 1. The van der Waals surface area contributed by atoms with Crippen molar-refractivity contribution in [2.24, 2.45) is 4.99 Å². The lowest BCUT2D eigenvalue weighted by molar-refractivity contribution is 0.0601. The van der Waals surface area contributed by atoms with Crippen LogP contribution in [0.2, 0.25) is 0 Å². The lowest BCUT2D eigenvalue weighted by Crippen LogP contribution is -2.04. The summed E-state index contributed by atoms with van der Waals surface area (Å²) in [4.78, 5) is 19.8. The molecule has 0 aliphatic rings. The molecule has 8 nitrogen and oxygen atoms in total. The van der Waals surface area contributed by atoms with Crippen LogP contribution in [0.1, 0.15) is 21.5 Å². The van der Waals surface area contributed by atoms with Crippen LogP contribution in [0.4, 0.5) is 5.69 Å². The van der Waals surface area contributed by atoms with E-state index in [-0.39, 0.29) is 5.88 Å². The van der Waals surface area contributed by atoms with Gasteiger partial charge in [0.05, 0.1) is 51.0 Å². The summed E-state index contributed by atoms with van der Waals surface area (Å²) in [5.74, 6) is 0.826. The number of aromatic amines is 1. The number of ether oxygens (including phenoxy) is 4. The highest BCUT2D eigenvalue weighted by atomic mass is 16.5. The fraction of sp³-hybridized carbons (Fsp3) is 0.154. The Morgan fingerprint density at radius 1 is 0.853 bits per heavy atom. The van der Waals surface area contributed by atoms with Crippen LogP contribution in [0.15, 0.2) is 65.7 Å². The molecular weight excluding hydrogens is 436 g/mol. The maximum atomic E-state index is 12.0. The monoisotopic (exact) mass is 460 g/mol. The van der Waals surface area contributed by atoms with E-state index in [1.165, 1.54) is 28.4 Å². The molecule has 2 N–H and O–H groups in total. The number of fused-ring (bicyclic) bond motifs is 1. The van der Waals surface area contributed by atoms with Gasteiger partial charge in [-0.15, -0.1) is 0 Å². The van der Waals surface area contributed by atoms with Crippen molar-refractivity contribution < 1.29 is 28.8 Å². The highest BCUT2D eigenvalue weighted by Gasteiger charge is 2.21. The minimum Gasteiger partial charge on any atom is -0.494 e. The van der Waals surface area contributed by atoms with Crippen LogP contribution >= 0.6 is 0 Å². The fourth-order valence-electron chi connectivity index (χ4n) is 3.79. The molecule has 0 spiro atoms. The van der Waals surface area contributed by atoms with Crippen LogP contribution in [0.25, 0.3) is 10.9 Å². The molecule has 0 fully saturated rings. The van der Waals surface area contributed by atoms with Gasteiger partial charge in [-0.2, -0.15) is 0 Å². The molecule has 0 atom stereocenters. The summed E-state index contributed by atoms with van der Waals surface area (Å²) < 4.78 is 21.1. The van der Waals surface area contributed by atoms with Gasteiger partial charge in [-0.05, 0) is 12.1 Å². The van der Waals surface area contributed by atoms with Crippen LogP contribution in [0.5, 0.6) is 23.1 Å². The number of esters is 1. The van der Waals surface area contributed by atoms with E-state index in [9.17, 15) is 9.90 Å². The average Bonchev–Trinajstić information content (AvgIpc) is 3.21. The molecule has 1 heterocycles. The van der Waals surface area contributed by atoms with Crippen molar-refractivity contribution in [3.05, 3.63) is 77.4 Å². The van der Waals surface area contributed by atoms with Crippen LogP contribution < -0.4 is 14.2 Å². The Labute approximate surface area is 196 Å². The first kappa shape index (κ1) is 22.7. The molecule has 34 heavy (non-hydrogen) atoms. The minimum absolute atomic E-state index is 0.0768. The SMILES string of the molecule is COC(=O)c1ccc2c(C(=Nc3cc(OC)c(OC)c(OC)c3)c3ccccc3)c(O)[nH]c2c1. The molecule has 174 valence electrons. The molecule has 0 amide bonds. The normalized spacial score (nSPS) is 11.4. The first-order chi connectivity index (χ1) is 16.5. The molecule has 0 aliphatic carbocycles. The minimum atomic E-state index is -0.466. The fourth-order valence-corrected chi connectivity index (χ4v) is 3.79. The molecule has 0 unspecified atom stereocenters. The van der Waals surface area contributed by atoms with Gasteiger partial charge in [0.25, 0.3) is 0 Å². The van der Waals surface area contributed by atoms with Gasteiger partial charge in [0.1, 0.15) is 0 Å². The van der Waals surface area contributed by atoms with Gasteiger partial charge in [0, 0.05) is 28.6 Å². The molecule has 8 heteroatoms. The number of rotatable bonds is 7. The maximum Gasteiger partial charge on any atom is 0.337 e. The third kappa shape index (κ3) is 4.13. The zero-order valence-corrected chi connectivity index (χ0v) is 19.2. The predicted molar refractivity (Wildman–Crippen MR) is 129 cm³/mol. The van der Waals surface area contributed by atoms with Crippen molar-refractivity contribution in [2.75, 3.05) is 28.4 Å². The van der Waals surface area contributed by atoms with Gasteiger partial charge in [-0.1, -0.05) is 36.4 Å². The summed E-state index contributed by atoms with van der Waals surface area (Å²) >= 11 is 0. The van der Waals surface area contributed by atoms with Crippen molar-refractivity contribution in [2.45, 2.75) is 0 Å². The van der Waals surface area contributed by atoms with E-state index in [0.717, 1.165) is 5.56 Å². The molecule has 3 aromatic carbocycles. The van der Waals surface area contributed by atoms with Crippen molar-refractivity contribution in [1.82, 2.24) is 4.98 Å². The lowest BCUT2D eigenvalue weighted by atomic mass is 10.00. The summed E-state index contributed by atoms with van der Waals surface area (Å²) in [7, 11) is 5.92. The number of H-pyrrole nitrogens is 1. The molecule has 4 rings (SSSR count). The topological polar surface area (TPSA) is 102 Å². The third-order valence-corrected chi connectivity index (χ3v) is 5.37. The van der Waals surface area contributed by atoms with E-state index in [1.807, 2.05) is 30.3 Å². The number of aromatic hydroxyl groups is 1. The second kappa shape index (κ2) is 9.58. The van der Waals surface area contributed by atoms with Gasteiger partial charge in [0.2, 0.25) is 5.75 Å². The van der Waals surface area contributed by atoms with Crippen LogP contribution in [0.3, 0.4) is 0 Å². The summed E-state index contributed by atoms with van der Waals surface area (Å²) in [5.41, 5.74) is 3.27. The van der Waals surface area contributed by atoms with Crippen molar-refractivity contribution in [1.29, 1.82) is 0 Å². The maximum absolute atomic E-state index is 12.0. The average molecular weight is 460 g/mol. The highest BCUT2D eigenvalue weighted by molar-refractivity contribution is 6.22. The van der Waals surface area contributed by atoms with Crippen molar-refractivity contribution in [3.63, 3.8) is 0 Å². The van der Waals surface area contributed by atoms with Gasteiger partial charge >= 0.3 is 5.97 Å². The number of hydrogen-bond acceptors (Lipinski definition) is 7. The van der Waals surface area contributed by atoms with E-state index < -0.39 is 5.97 Å².